The Kier molecular flexibility index (Phi) is 7.88. The van der Waals surface area contributed by atoms with Crippen LogP contribution in [0.4, 0.5) is 0 Å². The second-order valence-corrected chi connectivity index (χ2v) is 10.0. The number of ether oxygens (including phenoxy) is 2. The fourth-order valence-electron chi connectivity index (χ4n) is 4.65. The average molecular weight is 579 g/mol. The van der Waals surface area contributed by atoms with E-state index in [2.05, 4.69) is 0 Å². The predicted octanol–water partition coefficient (Wildman–Crippen LogP) is 8.81. The number of para-hydroxylation sites is 4. The first kappa shape index (κ1) is 28.0. The summed E-state index contributed by atoms with van der Waals surface area (Å²) in [6, 6.07) is 41.5. The number of hydrogen-bond acceptors (Lipinski definition) is 6. The third-order valence-corrected chi connectivity index (χ3v) is 7.05. The molecule has 0 aliphatic rings. The van der Waals surface area contributed by atoms with Gasteiger partial charge in [-0.05, 0) is 83.9 Å². The summed E-state index contributed by atoms with van der Waals surface area (Å²) in [4.78, 5) is 26.1. The lowest BCUT2D eigenvalue weighted by molar-refractivity contribution is 0.103. The minimum atomic E-state index is -0.122. The number of ketones is 2. The summed E-state index contributed by atoms with van der Waals surface area (Å²) in [6.45, 7) is 0. The molecule has 0 saturated heterocycles. The molecule has 0 aliphatic heterocycles. The van der Waals surface area contributed by atoms with Gasteiger partial charge in [0.1, 0.15) is 11.5 Å². The van der Waals surface area contributed by atoms with E-state index >= 15 is 0 Å². The smallest absolute Gasteiger partial charge is 0.193 e. The molecule has 6 nitrogen and oxygen atoms in total. The maximum absolute atomic E-state index is 13.1. The largest absolute Gasteiger partial charge is 0.504 e. The summed E-state index contributed by atoms with van der Waals surface area (Å²) >= 11 is 0. The highest BCUT2D eigenvalue weighted by Crippen LogP contribution is 2.32. The number of phenols is 2. The Morgan fingerprint density at radius 3 is 1.00 bits per heavy atom. The third-order valence-electron chi connectivity index (χ3n) is 7.05. The maximum atomic E-state index is 13.1. The highest BCUT2D eigenvalue weighted by molar-refractivity contribution is 6.10. The molecule has 2 N–H and O–H groups in total. The Hall–Kier alpha value is -6.14. The number of rotatable bonds is 9. The van der Waals surface area contributed by atoms with Gasteiger partial charge < -0.3 is 19.7 Å². The van der Waals surface area contributed by atoms with E-state index in [0.29, 0.717) is 45.3 Å². The molecule has 0 bridgehead atoms. The van der Waals surface area contributed by atoms with Crippen molar-refractivity contribution in [2.24, 2.45) is 0 Å². The number of aromatic hydroxyl groups is 2. The lowest BCUT2D eigenvalue weighted by Gasteiger charge is -2.09. The highest BCUT2D eigenvalue weighted by Gasteiger charge is 2.13. The molecule has 6 aromatic carbocycles. The topological polar surface area (TPSA) is 93.1 Å². The fraction of sp³-hybridized carbons (Fsp3) is 0. The van der Waals surface area contributed by atoms with Gasteiger partial charge in [-0.2, -0.15) is 0 Å². The van der Waals surface area contributed by atoms with Crippen molar-refractivity contribution in [3.63, 3.8) is 0 Å². The fourth-order valence-corrected chi connectivity index (χ4v) is 4.65. The lowest BCUT2D eigenvalue weighted by Crippen LogP contribution is -2.01. The second kappa shape index (κ2) is 12.4. The van der Waals surface area contributed by atoms with E-state index in [-0.39, 0.29) is 23.1 Å². The molecule has 0 amide bonds. The standard InChI is InChI=1S/C38H26O6/c39-33-5-1-3-7-35(33)43-31-21-17-29(18-22-31)37(41)27-13-9-25(10-14-27)26-11-15-28(16-12-26)38(42)30-19-23-32(24-20-30)44-36-8-4-2-6-34(36)40/h1-24,39-40H. The maximum Gasteiger partial charge on any atom is 0.193 e. The Labute approximate surface area is 254 Å². The van der Waals surface area contributed by atoms with Crippen molar-refractivity contribution < 1.29 is 29.3 Å². The minimum absolute atomic E-state index is 0.0390. The van der Waals surface area contributed by atoms with E-state index in [1.54, 1.807) is 121 Å². The molecule has 214 valence electrons. The van der Waals surface area contributed by atoms with Crippen LogP contribution in [0.5, 0.6) is 34.5 Å². The molecule has 6 aromatic rings. The molecule has 0 spiro atoms. The van der Waals surface area contributed by atoms with Crippen LogP contribution in [0, 0.1) is 0 Å². The van der Waals surface area contributed by atoms with Gasteiger partial charge in [0.25, 0.3) is 0 Å². The van der Waals surface area contributed by atoms with Crippen molar-refractivity contribution in [1.82, 2.24) is 0 Å². The third kappa shape index (κ3) is 6.20. The van der Waals surface area contributed by atoms with Gasteiger partial charge in [0.2, 0.25) is 0 Å². The molecular weight excluding hydrogens is 552 g/mol. The van der Waals surface area contributed by atoms with Crippen molar-refractivity contribution in [2.75, 3.05) is 0 Å². The average Bonchev–Trinajstić information content (AvgIpc) is 3.07. The van der Waals surface area contributed by atoms with Gasteiger partial charge in [-0.1, -0.05) is 72.8 Å². The van der Waals surface area contributed by atoms with Gasteiger partial charge in [0.15, 0.2) is 34.6 Å². The molecule has 0 unspecified atom stereocenters. The van der Waals surface area contributed by atoms with E-state index in [4.69, 9.17) is 9.47 Å². The zero-order valence-electron chi connectivity index (χ0n) is 23.4. The molecule has 6 rings (SSSR count). The number of phenolic OH excluding ortho intramolecular Hbond substituents is 2. The van der Waals surface area contributed by atoms with E-state index in [0.717, 1.165) is 11.1 Å². The predicted molar refractivity (Wildman–Crippen MR) is 168 cm³/mol. The first-order valence-corrected chi connectivity index (χ1v) is 13.9. The van der Waals surface area contributed by atoms with Crippen LogP contribution in [0.3, 0.4) is 0 Å². The molecule has 0 atom stereocenters. The van der Waals surface area contributed by atoms with Gasteiger partial charge >= 0.3 is 0 Å². The second-order valence-electron chi connectivity index (χ2n) is 10.0. The summed E-state index contributed by atoms with van der Waals surface area (Å²) < 4.78 is 11.4. The molecule has 0 aliphatic carbocycles. The van der Waals surface area contributed by atoms with Crippen LogP contribution in [0.25, 0.3) is 11.1 Å². The minimum Gasteiger partial charge on any atom is -0.504 e. The zero-order valence-corrected chi connectivity index (χ0v) is 23.4. The Morgan fingerprint density at radius 1 is 0.386 bits per heavy atom. The number of hydrogen-bond donors (Lipinski definition) is 2. The Bertz CT molecular complexity index is 1780. The zero-order chi connectivity index (χ0) is 30.5. The first-order chi connectivity index (χ1) is 21.4. The van der Waals surface area contributed by atoms with E-state index < -0.39 is 0 Å². The van der Waals surface area contributed by atoms with E-state index in [1.165, 1.54) is 0 Å². The van der Waals surface area contributed by atoms with Gasteiger partial charge in [0.05, 0.1) is 0 Å². The van der Waals surface area contributed by atoms with Gasteiger partial charge in [0, 0.05) is 22.3 Å². The van der Waals surface area contributed by atoms with Crippen molar-refractivity contribution in [1.29, 1.82) is 0 Å². The Morgan fingerprint density at radius 2 is 0.682 bits per heavy atom. The van der Waals surface area contributed by atoms with E-state index in [1.807, 2.05) is 24.3 Å². The van der Waals surface area contributed by atoms with Crippen LogP contribution >= 0.6 is 0 Å². The molecule has 6 heteroatoms. The van der Waals surface area contributed by atoms with Crippen molar-refractivity contribution >= 4 is 11.6 Å². The SMILES string of the molecule is O=C(c1ccc(Oc2ccccc2O)cc1)c1ccc(-c2ccc(C(=O)c3ccc(Oc4ccccc4O)cc3)cc2)cc1. The van der Waals surface area contributed by atoms with Crippen molar-refractivity contribution in [3.8, 4) is 45.6 Å². The summed E-state index contributed by atoms with van der Waals surface area (Å²) in [5, 5.41) is 19.8. The summed E-state index contributed by atoms with van der Waals surface area (Å²) in [6.07, 6.45) is 0. The van der Waals surface area contributed by atoms with Crippen LogP contribution in [-0.2, 0) is 0 Å². The highest BCUT2D eigenvalue weighted by atomic mass is 16.5. The normalized spacial score (nSPS) is 10.6. The van der Waals surface area contributed by atoms with Crippen molar-refractivity contribution in [3.05, 3.63) is 168 Å². The molecular formula is C38H26O6. The van der Waals surface area contributed by atoms with Gasteiger partial charge in [-0.15, -0.1) is 0 Å². The quantitative estimate of drug-likeness (QED) is 0.167. The summed E-state index contributed by atoms with van der Waals surface area (Å²) in [5.74, 6) is 1.53. The van der Waals surface area contributed by atoms with Crippen molar-refractivity contribution in [2.45, 2.75) is 0 Å². The van der Waals surface area contributed by atoms with Crippen LogP contribution in [0.15, 0.2) is 146 Å². The lowest BCUT2D eigenvalue weighted by atomic mass is 9.97. The molecule has 44 heavy (non-hydrogen) atoms. The van der Waals surface area contributed by atoms with Crippen LogP contribution < -0.4 is 9.47 Å². The summed E-state index contributed by atoms with van der Waals surface area (Å²) in [5.41, 5.74) is 3.95. The van der Waals surface area contributed by atoms with Gasteiger partial charge in [-0.25, -0.2) is 0 Å². The number of benzene rings is 6. The van der Waals surface area contributed by atoms with Gasteiger partial charge in [-0.3, -0.25) is 9.59 Å². The van der Waals surface area contributed by atoms with Crippen LogP contribution in [0.2, 0.25) is 0 Å². The molecule has 0 heterocycles. The number of carbonyl (C=O) groups excluding carboxylic acids is 2. The molecule has 0 fully saturated rings. The molecule has 0 saturated carbocycles. The molecule has 0 radical (unpaired) electrons. The summed E-state index contributed by atoms with van der Waals surface area (Å²) in [7, 11) is 0. The number of carbonyl (C=O) groups is 2. The van der Waals surface area contributed by atoms with E-state index in [9.17, 15) is 19.8 Å². The van der Waals surface area contributed by atoms with Crippen LogP contribution in [-0.4, -0.2) is 21.8 Å². The monoisotopic (exact) mass is 578 g/mol. The first-order valence-electron chi connectivity index (χ1n) is 13.9. The van der Waals surface area contributed by atoms with Crippen LogP contribution in [0.1, 0.15) is 31.8 Å². The Balaban J connectivity index is 1.09. The molecule has 0 aromatic heterocycles.